The van der Waals surface area contributed by atoms with E-state index in [1.165, 1.54) is 36.4 Å². The molecule has 0 radical (unpaired) electrons. The first-order chi connectivity index (χ1) is 13.6. The third kappa shape index (κ3) is 5.18. The minimum Gasteiger partial charge on any atom is -0.280 e. The van der Waals surface area contributed by atoms with Crippen molar-refractivity contribution < 1.29 is 21.2 Å². The Morgan fingerprint density at radius 3 is 1.62 bits per heavy atom. The standard InChI is InChI=1S/C18H13Cl2FN2O4S2/c19-12-1-3-13(4-2-12)22-28(24,25)15-7-5-14(6-8-15)23-29(26,27)16-9-10-18(21)17(20)11-16/h1-11,22-23H. The van der Waals surface area contributed by atoms with Gasteiger partial charge in [0.15, 0.2) is 0 Å². The van der Waals surface area contributed by atoms with Gasteiger partial charge < -0.3 is 0 Å². The van der Waals surface area contributed by atoms with E-state index < -0.39 is 25.9 Å². The largest absolute Gasteiger partial charge is 0.280 e. The number of halogens is 3. The van der Waals surface area contributed by atoms with E-state index in [1.807, 2.05) is 0 Å². The van der Waals surface area contributed by atoms with Crippen LogP contribution in [-0.4, -0.2) is 16.8 Å². The van der Waals surface area contributed by atoms with Crippen LogP contribution in [0.15, 0.2) is 76.5 Å². The molecule has 0 fully saturated rings. The highest BCUT2D eigenvalue weighted by molar-refractivity contribution is 7.93. The Bertz CT molecular complexity index is 1250. The number of nitrogens with one attached hydrogen (secondary N) is 2. The van der Waals surface area contributed by atoms with Crippen molar-refractivity contribution in [3.05, 3.63) is 82.6 Å². The van der Waals surface area contributed by atoms with Gasteiger partial charge in [0.25, 0.3) is 20.0 Å². The Hall–Kier alpha value is -2.33. The molecule has 6 nitrogen and oxygen atoms in total. The van der Waals surface area contributed by atoms with Gasteiger partial charge in [-0.05, 0) is 66.7 Å². The molecule has 0 saturated carbocycles. The smallest absolute Gasteiger partial charge is 0.261 e. The van der Waals surface area contributed by atoms with E-state index in [0.717, 1.165) is 18.2 Å². The lowest BCUT2D eigenvalue weighted by Gasteiger charge is -2.11. The summed E-state index contributed by atoms with van der Waals surface area (Å²) in [4.78, 5) is -0.301. The van der Waals surface area contributed by atoms with E-state index in [9.17, 15) is 21.2 Å². The van der Waals surface area contributed by atoms with E-state index >= 15 is 0 Å². The van der Waals surface area contributed by atoms with Gasteiger partial charge in [-0.25, -0.2) is 21.2 Å². The summed E-state index contributed by atoms with van der Waals surface area (Å²) < 4.78 is 67.5. The molecule has 0 aliphatic carbocycles. The van der Waals surface area contributed by atoms with E-state index in [-0.39, 0.29) is 20.5 Å². The zero-order chi connectivity index (χ0) is 21.2. The molecular weight excluding hydrogens is 462 g/mol. The molecule has 0 aliphatic rings. The fourth-order valence-electron chi connectivity index (χ4n) is 2.29. The fourth-order valence-corrected chi connectivity index (χ4v) is 4.81. The summed E-state index contributed by atoms with van der Waals surface area (Å²) in [6, 6.07) is 14.2. The molecule has 3 aromatic carbocycles. The molecule has 0 aromatic heterocycles. The van der Waals surface area contributed by atoms with Crippen molar-refractivity contribution in [1.29, 1.82) is 0 Å². The van der Waals surface area contributed by atoms with Crippen LogP contribution in [0, 0.1) is 5.82 Å². The number of anilines is 2. The third-order valence-corrected chi connectivity index (χ3v) is 7.03. The molecule has 3 aromatic rings. The maximum absolute atomic E-state index is 13.2. The van der Waals surface area contributed by atoms with Gasteiger partial charge in [0.1, 0.15) is 5.82 Å². The van der Waals surface area contributed by atoms with Gasteiger partial charge in [0.2, 0.25) is 0 Å². The van der Waals surface area contributed by atoms with Crippen molar-refractivity contribution in [3.8, 4) is 0 Å². The van der Waals surface area contributed by atoms with Gasteiger partial charge >= 0.3 is 0 Å². The molecule has 0 saturated heterocycles. The summed E-state index contributed by atoms with van der Waals surface area (Å²) in [6.07, 6.45) is 0. The van der Waals surface area contributed by atoms with Gasteiger partial charge in [0, 0.05) is 16.4 Å². The van der Waals surface area contributed by atoms with E-state index in [0.29, 0.717) is 10.7 Å². The van der Waals surface area contributed by atoms with Crippen molar-refractivity contribution in [2.45, 2.75) is 9.79 Å². The summed E-state index contributed by atoms with van der Waals surface area (Å²) >= 11 is 11.4. The third-order valence-electron chi connectivity index (χ3n) is 3.71. The van der Waals surface area contributed by atoms with Crippen molar-refractivity contribution in [1.82, 2.24) is 0 Å². The van der Waals surface area contributed by atoms with Crippen LogP contribution in [0.1, 0.15) is 0 Å². The molecule has 0 unspecified atom stereocenters. The van der Waals surface area contributed by atoms with Crippen LogP contribution >= 0.6 is 23.2 Å². The maximum atomic E-state index is 13.2. The predicted molar refractivity (Wildman–Crippen MR) is 111 cm³/mol. The highest BCUT2D eigenvalue weighted by Crippen LogP contribution is 2.23. The quantitative estimate of drug-likeness (QED) is 0.539. The average Bonchev–Trinajstić information content (AvgIpc) is 2.66. The van der Waals surface area contributed by atoms with Crippen LogP contribution in [0.4, 0.5) is 15.8 Å². The first-order valence-corrected chi connectivity index (χ1v) is 11.7. The normalized spacial score (nSPS) is 11.8. The molecule has 11 heteroatoms. The average molecular weight is 475 g/mol. The Kier molecular flexibility index (Phi) is 6.04. The maximum Gasteiger partial charge on any atom is 0.261 e. The Morgan fingerprint density at radius 1 is 0.655 bits per heavy atom. The van der Waals surface area contributed by atoms with Crippen LogP contribution in [0.25, 0.3) is 0 Å². The summed E-state index contributed by atoms with van der Waals surface area (Å²) in [5.74, 6) is -0.742. The molecule has 0 atom stereocenters. The lowest BCUT2D eigenvalue weighted by Crippen LogP contribution is -2.14. The lowest BCUT2D eigenvalue weighted by atomic mass is 10.3. The summed E-state index contributed by atoms with van der Waals surface area (Å²) in [5.41, 5.74) is 0.447. The first kappa shape index (κ1) is 21.4. The van der Waals surface area contributed by atoms with Crippen LogP contribution in [-0.2, 0) is 20.0 Å². The highest BCUT2D eigenvalue weighted by atomic mass is 35.5. The molecule has 0 aliphatic heterocycles. The van der Waals surface area contributed by atoms with Crippen LogP contribution in [0.2, 0.25) is 10.0 Å². The summed E-state index contributed by atoms with van der Waals surface area (Å²) in [6.45, 7) is 0. The molecule has 0 bridgehead atoms. The summed E-state index contributed by atoms with van der Waals surface area (Å²) in [5, 5.41) is 0.134. The monoisotopic (exact) mass is 474 g/mol. The molecule has 3 rings (SSSR count). The highest BCUT2D eigenvalue weighted by Gasteiger charge is 2.18. The number of benzene rings is 3. The molecule has 2 N–H and O–H groups in total. The lowest BCUT2D eigenvalue weighted by molar-refractivity contribution is 0.599. The predicted octanol–water partition coefficient (Wildman–Crippen LogP) is 4.73. The molecule has 152 valence electrons. The van der Waals surface area contributed by atoms with Gasteiger partial charge in [0.05, 0.1) is 14.8 Å². The van der Waals surface area contributed by atoms with Gasteiger partial charge in [-0.15, -0.1) is 0 Å². The van der Waals surface area contributed by atoms with Crippen molar-refractivity contribution in [2.24, 2.45) is 0 Å². The van der Waals surface area contributed by atoms with Gasteiger partial charge in [-0.2, -0.15) is 0 Å². The Balaban J connectivity index is 1.78. The minimum atomic E-state index is -4.03. The zero-order valence-corrected chi connectivity index (χ0v) is 17.6. The van der Waals surface area contributed by atoms with Crippen molar-refractivity contribution >= 4 is 54.6 Å². The van der Waals surface area contributed by atoms with Crippen LogP contribution in [0.3, 0.4) is 0 Å². The first-order valence-electron chi connectivity index (χ1n) is 7.93. The summed E-state index contributed by atoms with van der Waals surface area (Å²) in [7, 11) is -7.91. The van der Waals surface area contributed by atoms with E-state index in [1.54, 1.807) is 12.1 Å². The molecule has 0 spiro atoms. The topological polar surface area (TPSA) is 92.3 Å². The Morgan fingerprint density at radius 2 is 1.10 bits per heavy atom. The fraction of sp³-hybridized carbons (Fsp3) is 0. The second kappa shape index (κ2) is 8.19. The second-order valence-corrected chi connectivity index (χ2v) is 10.0. The van der Waals surface area contributed by atoms with E-state index in [4.69, 9.17) is 23.2 Å². The molecule has 0 amide bonds. The van der Waals surface area contributed by atoms with Crippen LogP contribution in [0.5, 0.6) is 0 Å². The number of rotatable bonds is 6. The second-order valence-electron chi connectivity index (χ2n) is 5.82. The van der Waals surface area contributed by atoms with Gasteiger partial charge in [-0.1, -0.05) is 23.2 Å². The van der Waals surface area contributed by atoms with Crippen LogP contribution < -0.4 is 9.44 Å². The number of hydrogen-bond acceptors (Lipinski definition) is 4. The van der Waals surface area contributed by atoms with Gasteiger partial charge in [-0.3, -0.25) is 9.44 Å². The van der Waals surface area contributed by atoms with Crippen molar-refractivity contribution in [3.63, 3.8) is 0 Å². The number of hydrogen-bond donors (Lipinski definition) is 2. The van der Waals surface area contributed by atoms with Crippen molar-refractivity contribution in [2.75, 3.05) is 9.44 Å². The zero-order valence-electron chi connectivity index (χ0n) is 14.4. The number of sulfonamides is 2. The molecule has 29 heavy (non-hydrogen) atoms. The minimum absolute atomic E-state index is 0.0692. The molecule has 0 heterocycles. The molecular formula is C18H13Cl2FN2O4S2. The Labute approximate surface area is 177 Å². The van der Waals surface area contributed by atoms with E-state index in [2.05, 4.69) is 9.44 Å². The SMILES string of the molecule is O=S(=O)(Nc1ccc(Cl)cc1)c1ccc(NS(=O)(=O)c2ccc(F)c(Cl)c2)cc1.